The summed E-state index contributed by atoms with van der Waals surface area (Å²) < 4.78 is 20.1. The van der Waals surface area contributed by atoms with Crippen molar-refractivity contribution in [2.75, 3.05) is 13.1 Å². The van der Waals surface area contributed by atoms with Gasteiger partial charge in [-0.25, -0.2) is 4.39 Å². The molecule has 0 aromatic heterocycles. The van der Waals surface area contributed by atoms with E-state index in [4.69, 9.17) is 4.74 Å². The lowest BCUT2D eigenvalue weighted by molar-refractivity contribution is -0.149. The number of amides is 2. The zero-order valence-corrected chi connectivity index (χ0v) is 17.6. The predicted octanol–water partition coefficient (Wildman–Crippen LogP) is 4.25. The van der Waals surface area contributed by atoms with E-state index in [0.717, 1.165) is 31.2 Å². The van der Waals surface area contributed by atoms with Gasteiger partial charge in [0.05, 0.1) is 11.7 Å². The number of ether oxygens (including phenoxy) is 1. The van der Waals surface area contributed by atoms with E-state index in [2.05, 4.69) is 5.32 Å². The van der Waals surface area contributed by atoms with Crippen LogP contribution in [0.5, 0.6) is 0 Å². The van der Waals surface area contributed by atoms with Gasteiger partial charge in [0.1, 0.15) is 5.82 Å². The van der Waals surface area contributed by atoms with Crippen LogP contribution < -0.4 is 5.32 Å². The molecule has 2 fully saturated rings. The highest BCUT2D eigenvalue weighted by molar-refractivity contribution is 5.94. The summed E-state index contributed by atoms with van der Waals surface area (Å²) >= 11 is 0. The van der Waals surface area contributed by atoms with Gasteiger partial charge in [-0.3, -0.25) is 9.59 Å². The molecular formula is C25H29FN2O3. The van der Waals surface area contributed by atoms with E-state index >= 15 is 0 Å². The standard InChI is InChI=1S/C25H29FN2O3/c26-22-13-7-6-12-21(22)24(29)27-19-14-16-28(17-15-19)25(30)23(18-8-2-1-3-9-18)31-20-10-4-5-11-20/h1-3,6-9,12-13,19-20,23H,4-5,10-11,14-17H2,(H,27,29). The molecule has 164 valence electrons. The molecule has 1 aliphatic heterocycles. The van der Waals surface area contributed by atoms with Gasteiger partial charge in [0.15, 0.2) is 6.10 Å². The average Bonchev–Trinajstić information content (AvgIpc) is 3.32. The highest BCUT2D eigenvalue weighted by Gasteiger charge is 2.33. The van der Waals surface area contributed by atoms with Gasteiger partial charge in [-0.1, -0.05) is 55.3 Å². The van der Waals surface area contributed by atoms with Crippen LogP contribution in [-0.4, -0.2) is 41.9 Å². The Bertz CT molecular complexity index is 891. The number of nitrogens with one attached hydrogen (secondary N) is 1. The topological polar surface area (TPSA) is 58.6 Å². The van der Waals surface area contributed by atoms with Gasteiger partial charge in [-0.15, -0.1) is 0 Å². The quantitative estimate of drug-likeness (QED) is 0.754. The number of nitrogens with zero attached hydrogens (tertiary/aromatic N) is 1. The van der Waals surface area contributed by atoms with Crippen molar-refractivity contribution in [3.8, 4) is 0 Å². The summed E-state index contributed by atoms with van der Waals surface area (Å²) in [5, 5.41) is 2.91. The second-order valence-corrected chi connectivity index (χ2v) is 8.39. The summed E-state index contributed by atoms with van der Waals surface area (Å²) in [4.78, 5) is 27.6. The Balaban J connectivity index is 1.36. The van der Waals surface area contributed by atoms with Crippen molar-refractivity contribution < 1.29 is 18.7 Å². The number of halogens is 1. The van der Waals surface area contributed by atoms with Crippen LogP contribution in [0.15, 0.2) is 54.6 Å². The molecule has 2 aliphatic rings. The Morgan fingerprint density at radius 3 is 2.26 bits per heavy atom. The number of carbonyl (C=O) groups excluding carboxylic acids is 2. The molecule has 1 saturated carbocycles. The first-order valence-electron chi connectivity index (χ1n) is 11.2. The third kappa shape index (κ3) is 5.31. The molecular weight excluding hydrogens is 395 g/mol. The van der Waals surface area contributed by atoms with E-state index in [1.807, 2.05) is 35.2 Å². The van der Waals surface area contributed by atoms with E-state index in [1.54, 1.807) is 12.1 Å². The van der Waals surface area contributed by atoms with E-state index in [1.165, 1.54) is 12.1 Å². The molecule has 1 saturated heterocycles. The minimum Gasteiger partial charge on any atom is -0.360 e. The molecule has 0 radical (unpaired) electrons. The molecule has 1 aliphatic carbocycles. The fraction of sp³-hybridized carbons (Fsp3) is 0.440. The number of hydrogen-bond acceptors (Lipinski definition) is 3. The molecule has 1 atom stereocenters. The molecule has 0 bridgehead atoms. The van der Waals surface area contributed by atoms with Crippen molar-refractivity contribution in [2.45, 2.75) is 56.8 Å². The van der Waals surface area contributed by atoms with Gasteiger partial charge in [0.2, 0.25) is 0 Å². The zero-order valence-electron chi connectivity index (χ0n) is 17.6. The molecule has 4 rings (SSSR count). The summed E-state index contributed by atoms with van der Waals surface area (Å²) in [5.74, 6) is -0.950. The second-order valence-electron chi connectivity index (χ2n) is 8.39. The van der Waals surface area contributed by atoms with Crippen molar-refractivity contribution in [3.05, 3.63) is 71.5 Å². The fourth-order valence-electron chi connectivity index (χ4n) is 4.44. The van der Waals surface area contributed by atoms with Gasteiger partial charge in [0, 0.05) is 19.1 Å². The first kappa shape index (κ1) is 21.5. The number of likely N-dealkylation sites (tertiary alicyclic amines) is 1. The third-order valence-electron chi connectivity index (χ3n) is 6.22. The highest BCUT2D eigenvalue weighted by Crippen LogP contribution is 2.30. The smallest absolute Gasteiger partial charge is 0.256 e. The lowest BCUT2D eigenvalue weighted by Crippen LogP contribution is -2.48. The van der Waals surface area contributed by atoms with Crippen LogP contribution in [0, 0.1) is 5.82 Å². The maximum absolute atomic E-state index is 13.9. The van der Waals surface area contributed by atoms with Gasteiger partial charge in [0.25, 0.3) is 11.8 Å². The van der Waals surface area contributed by atoms with Gasteiger partial charge >= 0.3 is 0 Å². The van der Waals surface area contributed by atoms with Gasteiger partial charge < -0.3 is 15.0 Å². The van der Waals surface area contributed by atoms with Crippen molar-refractivity contribution in [1.29, 1.82) is 0 Å². The molecule has 2 aromatic rings. The molecule has 1 unspecified atom stereocenters. The summed E-state index contributed by atoms with van der Waals surface area (Å²) in [6, 6.07) is 15.6. The van der Waals surface area contributed by atoms with E-state index in [9.17, 15) is 14.0 Å². The molecule has 6 heteroatoms. The molecule has 31 heavy (non-hydrogen) atoms. The SMILES string of the molecule is O=C(NC1CCN(C(=O)C(OC2CCCC2)c2ccccc2)CC1)c1ccccc1F. The minimum atomic E-state index is -0.589. The average molecular weight is 425 g/mol. The number of rotatable bonds is 6. The monoisotopic (exact) mass is 424 g/mol. The minimum absolute atomic E-state index is 0.0167. The maximum Gasteiger partial charge on any atom is 0.256 e. The van der Waals surface area contributed by atoms with E-state index in [0.29, 0.717) is 25.9 Å². The number of carbonyl (C=O) groups is 2. The van der Waals surface area contributed by atoms with Crippen molar-refractivity contribution in [2.24, 2.45) is 0 Å². The van der Waals surface area contributed by atoms with Crippen LogP contribution in [0.3, 0.4) is 0 Å². The Kier molecular flexibility index (Phi) is 6.97. The lowest BCUT2D eigenvalue weighted by atomic mass is 10.0. The van der Waals surface area contributed by atoms with E-state index < -0.39 is 17.8 Å². The summed E-state index contributed by atoms with van der Waals surface area (Å²) in [6.07, 6.45) is 5.11. The summed E-state index contributed by atoms with van der Waals surface area (Å²) in [7, 11) is 0. The number of hydrogen-bond donors (Lipinski definition) is 1. The molecule has 2 aromatic carbocycles. The van der Waals surface area contributed by atoms with Crippen LogP contribution in [0.1, 0.15) is 60.6 Å². The predicted molar refractivity (Wildman–Crippen MR) is 116 cm³/mol. The zero-order chi connectivity index (χ0) is 21.6. The van der Waals surface area contributed by atoms with Crippen molar-refractivity contribution in [1.82, 2.24) is 10.2 Å². The Labute approximate surface area is 182 Å². The Morgan fingerprint density at radius 2 is 1.58 bits per heavy atom. The van der Waals surface area contributed by atoms with Crippen LogP contribution in [-0.2, 0) is 9.53 Å². The molecule has 0 spiro atoms. The molecule has 2 amide bonds. The Morgan fingerprint density at radius 1 is 0.935 bits per heavy atom. The molecule has 5 nitrogen and oxygen atoms in total. The fourth-order valence-corrected chi connectivity index (χ4v) is 4.44. The first-order valence-corrected chi connectivity index (χ1v) is 11.2. The third-order valence-corrected chi connectivity index (χ3v) is 6.22. The van der Waals surface area contributed by atoms with Gasteiger partial charge in [-0.05, 0) is 43.4 Å². The van der Waals surface area contributed by atoms with E-state index in [-0.39, 0.29) is 23.6 Å². The lowest BCUT2D eigenvalue weighted by Gasteiger charge is -2.35. The second kappa shape index (κ2) is 10.1. The summed E-state index contributed by atoms with van der Waals surface area (Å²) in [6.45, 7) is 1.08. The maximum atomic E-state index is 13.9. The molecule has 1 N–H and O–H groups in total. The van der Waals surface area contributed by atoms with Crippen LogP contribution in [0.4, 0.5) is 4.39 Å². The molecule has 1 heterocycles. The highest BCUT2D eigenvalue weighted by atomic mass is 19.1. The van der Waals surface area contributed by atoms with Gasteiger partial charge in [-0.2, -0.15) is 0 Å². The van der Waals surface area contributed by atoms with Crippen LogP contribution in [0.25, 0.3) is 0 Å². The van der Waals surface area contributed by atoms with Crippen LogP contribution >= 0.6 is 0 Å². The van der Waals surface area contributed by atoms with Crippen molar-refractivity contribution in [3.63, 3.8) is 0 Å². The largest absolute Gasteiger partial charge is 0.360 e. The number of piperidine rings is 1. The Hall–Kier alpha value is -2.73. The first-order chi connectivity index (χ1) is 15.1. The normalized spacial score (nSPS) is 18.7. The van der Waals surface area contributed by atoms with Crippen molar-refractivity contribution >= 4 is 11.8 Å². The summed E-state index contributed by atoms with van der Waals surface area (Å²) in [5.41, 5.74) is 0.935. The van der Waals surface area contributed by atoms with Crippen LogP contribution in [0.2, 0.25) is 0 Å². The number of benzene rings is 2.